The van der Waals surface area contributed by atoms with Gasteiger partial charge in [0.25, 0.3) is 5.91 Å². The normalized spacial score (nSPS) is 19.0. The van der Waals surface area contributed by atoms with Crippen LogP contribution in [0.2, 0.25) is 0 Å². The van der Waals surface area contributed by atoms with Crippen molar-refractivity contribution in [3.8, 4) is 5.69 Å². The highest BCUT2D eigenvalue weighted by Crippen LogP contribution is 2.24. The second-order valence-electron chi connectivity index (χ2n) is 7.53. The van der Waals surface area contributed by atoms with E-state index in [0.29, 0.717) is 5.92 Å². The van der Waals surface area contributed by atoms with E-state index in [9.17, 15) is 4.79 Å². The van der Waals surface area contributed by atoms with Crippen molar-refractivity contribution in [1.82, 2.24) is 19.7 Å². The minimum Gasteiger partial charge on any atom is -0.331 e. The summed E-state index contributed by atoms with van der Waals surface area (Å²) >= 11 is 0. The number of rotatable bonds is 4. The Morgan fingerprint density at radius 2 is 1.96 bits per heavy atom. The van der Waals surface area contributed by atoms with E-state index in [4.69, 9.17) is 5.73 Å². The first-order valence-electron chi connectivity index (χ1n) is 9.49. The molecule has 0 radical (unpaired) electrons. The fourth-order valence-electron chi connectivity index (χ4n) is 3.76. The lowest BCUT2D eigenvalue weighted by atomic mass is 9.97. The molecule has 6 nitrogen and oxygen atoms in total. The molecule has 26 heavy (non-hydrogen) atoms. The minimum atomic E-state index is -0.115. The van der Waals surface area contributed by atoms with Gasteiger partial charge in [-0.25, -0.2) is 9.67 Å². The van der Waals surface area contributed by atoms with Crippen LogP contribution in [-0.2, 0) is 0 Å². The van der Waals surface area contributed by atoms with E-state index in [1.165, 1.54) is 5.56 Å². The highest BCUT2D eigenvalue weighted by molar-refractivity contribution is 5.90. The number of nitrogens with two attached hydrogens (primary N) is 1. The molecule has 1 aliphatic rings. The first-order chi connectivity index (χ1) is 12.4. The number of hydrogen-bond acceptors (Lipinski definition) is 4. The van der Waals surface area contributed by atoms with Crippen molar-refractivity contribution in [2.45, 2.75) is 65.0 Å². The molecule has 1 saturated heterocycles. The minimum absolute atomic E-state index is 0.0518. The van der Waals surface area contributed by atoms with E-state index >= 15 is 0 Å². The Labute approximate surface area is 155 Å². The van der Waals surface area contributed by atoms with Gasteiger partial charge in [0.05, 0.1) is 5.69 Å². The third-order valence-electron chi connectivity index (χ3n) is 5.16. The van der Waals surface area contributed by atoms with Crippen LogP contribution in [0.5, 0.6) is 0 Å². The molecule has 2 N–H and O–H groups in total. The number of carbonyl (C=O) groups is 1. The van der Waals surface area contributed by atoms with Crippen LogP contribution in [0.4, 0.5) is 0 Å². The Bertz CT molecular complexity index is 780. The zero-order chi connectivity index (χ0) is 18.8. The number of piperidine rings is 1. The Morgan fingerprint density at radius 3 is 2.65 bits per heavy atom. The summed E-state index contributed by atoms with van der Waals surface area (Å²) in [5.74, 6) is 1.22. The highest BCUT2D eigenvalue weighted by atomic mass is 16.2. The van der Waals surface area contributed by atoms with Gasteiger partial charge in [0, 0.05) is 18.6 Å². The van der Waals surface area contributed by atoms with E-state index < -0.39 is 0 Å². The molecule has 2 atom stereocenters. The predicted octanol–water partition coefficient (Wildman–Crippen LogP) is 3.04. The number of carbonyl (C=O) groups excluding carboxylic acids is 1. The van der Waals surface area contributed by atoms with Crippen molar-refractivity contribution in [1.29, 1.82) is 0 Å². The van der Waals surface area contributed by atoms with Crippen LogP contribution in [0.1, 0.15) is 68.0 Å². The summed E-state index contributed by atoms with van der Waals surface area (Å²) in [6.07, 6.45) is 3.06. The largest absolute Gasteiger partial charge is 0.331 e. The van der Waals surface area contributed by atoms with Gasteiger partial charge in [0.2, 0.25) is 5.82 Å². The average molecular weight is 355 g/mol. The topological polar surface area (TPSA) is 77.0 Å². The summed E-state index contributed by atoms with van der Waals surface area (Å²) in [5, 5.41) is 4.57. The number of hydrogen-bond donors (Lipinski definition) is 1. The Hall–Kier alpha value is -2.21. The summed E-state index contributed by atoms with van der Waals surface area (Å²) in [4.78, 5) is 19.4. The summed E-state index contributed by atoms with van der Waals surface area (Å²) in [6.45, 7) is 8.88. The lowest BCUT2D eigenvalue weighted by molar-refractivity contribution is 0.0571. The molecule has 2 unspecified atom stereocenters. The first kappa shape index (κ1) is 18.6. The van der Waals surface area contributed by atoms with E-state index in [0.717, 1.165) is 37.3 Å². The van der Waals surface area contributed by atoms with Crippen LogP contribution in [0.15, 0.2) is 24.3 Å². The second kappa shape index (κ2) is 7.58. The van der Waals surface area contributed by atoms with Gasteiger partial charge in [-0.05, 0) is 50.7 Å². The van der Waals surface area contributed by atoms with Crippen molar-refractivity contribution in [3.63, 3.8) is 0 Å². The lowest BCUT2D eigenvalue weighted by Gasteiger charge is -2.37. The van der Waals surface area contributed by atoms with Gasteiger partial charge in [-0.2, -0.15) is 0 Å². The lowest BCUT2D eigenvalue weighted by Crippen LogP contribution is -2.51. The van der Waals surface area contributed by atoms with E-state index in [2.05, 4.69) is 30.0 Å². The molecule has 1 aliphatic heterocycles. The Kier molecular flexibility index (Phi) is 5.41. The van der Waals surface area contributed by atoms with Crippen molar-refractivity contribution in [3.05, 3.63) is 41.5 Å². The highest BCUT2D eigenvalue weighted by Gasteiger charge is 2.32. The molecule has 1 fully saturated rings. The van der Waals surface area contributed by atoms with Crippen molar-refractivity contribution in [2.24, 2.45) is 5.73 Å². The van der Waals surface area contributed by atoms with Crippen LogP contribution in [0, 0.1) is 6.92 Å². The number of amides is 1. The molecule has 3 rings (SSSR count). The maximum absolute atomic E-state index is 13.1. The van der Waals surface area contributed by atoms with Crippen LogP contribution in [0.25, 0.3) is 5.69 Å². The van der Waals surface area contributed by atoms with E-state index in [1.54, 1.807) is 4.68 Å². The molecule has 6 heteroatoms. The molecular weight excluding hydrogens is 326 g/mol. The number of likely N-dealkylation sites (tertiary alicyclic amines) is 1. The summed E-state index contributed by atoms with van der Waals surface area (Å²) in [6, 6.07) is 8.14. The summed E-state index contributed by atoms with van der Waals surface area (Å²) in [7, 11) is 0. The van der Waals surface area contributed by atoms with Crippen LogP contribution in [0.3, 0.4) is 0 Å². The van der Waals surface area contributed by atoms with Crippen molar-refractivity contribution < 1.29 is 4.79 Å². The molecule has 140 valence electrons. The smallest absolute Gasteiger partial charge is 0.293 e. The third-order valence-corrected chi connectivity index (χ3v) is 5.16. The SMILES string of the molecule is Cc1nc(C(=O)N2CCCCC2C(C)N)nn1-c1ccccc1C(C)C. The van der Waals surface area contributed by atoms with Crippen LogP contribution < -0.4 is 5.73 Å². The predicted molar refractivity (Wildman–Crippen MR) is 103 cm³/mol. The zero-order valence-electron chi connectivity index (χ0n) is 16.1. The third kappa shape index (κ3) is 3.51. The van der Waals surface area contributed by atoms with Gasteiger partial charge in [-0.1, -0.05) is 32.0 Å². The summed E-state index contributed by atoms with van der Waals surface area (Å²) < 4.78 is 1.79. The van der Waals surface area contributed by atoms with E-state index in [-0.39, 0.29) is 23.8 Å². The van der Waals surface area contributed by atoms with Crippen molar-refractivity contribution >= 4 is 5.91 Å². The monoisotopic (exact) mass is 355 g/mol. The molecule has 1 amide bonds. The summed E-state index contributed by atoms with van der Waals surface area (Å²) in [5.41, 5.74) is 8.28. The Morgan fingerprint density at radius 1 is 1.23 bits per heavy atom. The second-order valence-corrected chi connectivity index (χ2v) is 7.53. The van der Waals surface area contributed by atoms with Crippen molar-refractivity contribution in [2.75, 3.05) is 6.54 Å². The molecule has 0 bridgehead atoms. The molecule has 1 aromatic carbocycles. The molecule has 2 heterocycles. The molecule has 0 aliphatic carbocycles. The molecule has 0 saturated carbocycles. The molecular formula is C20H29N5O. The maximum atomic E-state index is 13.1. The number of nitrogens with zero attached hydrogens (tertiary/aromatic N) is 4. The Balaban J connectivity index is 1.94. The molecule has 0 spiro atoms. The fraction of sp³-hybridized carbons (Fsp3) is 0.550. The first-order valence-corrected chi connectivity index (χ1v) is 9.49. The number of para-hydroxylation sites is 1. The van der Waals surface area contributed by atoms with Gasteiger partial charge >= 0.3 is 0 Å². The molecule has 2 aromatic rings. The van der Waals surface area contributed by atoms with Gasteiger partial charge in [0.15, 0.2) is 0 Å². The number of aryl methyl sites for hydroxylation is 1. The van der Waals surface area contributed by atoms with Gasteiger partial charge < -0.3 is 10.6 Å². The zero-order valence-corrected chi connectivity index (χ0v) is 16.1. The van der Waals surface area contributed by atoms with Gasteiger partial charge in [-0.3, -0.25) is 4.79 Å². The number of benzene rings is 1. The van der Waals surface area contributed by atoms with Crippen LogP contribution in [-0.4, -0.2) is 44.2 Å². The van der Waals surface area contributed by atoms with Gasteiger partial charge in [0.1, 0.15) is 5.82 Å². The standard InChI is InChI=1S/C20H29N5O/c1-13(2)16-9-5-6-11-18(16)25-15(4)22-19(23-25)20(26)24-12-8-7-10-17(24)14(3)21/h5-6,9,11,13-14,17H,7-8,10,12,21H2,1-4H3. The van der Waals surface area contributed by atoms with Crippen LogP contribution >= 0.6 is 0 Å². The fourth-order valence-corrected chi connectivity index (χ4v) is 3.76. The molecule has 1 aromatic heterocycles. The number of aromatic nitrogens is 3. The maximum Gasteiger partial charge on any atom is 0.293 e. The quantitative estimate of drug-likeness (QED) is 0.914. The van der Waals surface area contributed by atoms with Gasteiger partial charge in [-0.15, -0.1) is 5.10 Å². The average Bonchev–Trinajstić information content (AvgIpc) is 3.02. The van der Waals surface area contributed by atoms with E-state index in [1.807, 2.05) is 36.9 Å².